The van der Waals surface area contributed by atoms with Gasteiger partial charge in [-0.2, -0.15) is 0 Å². The molecule has 3 atom stereocenters. The summed E-state index contributed by atoms with van der Waals surface area (Å²) in [5, 5.41) is 11.3. The molecule has 6 nitrogen and oxygen atoms in total. The van der Waals surface area contributed by atoms with Crippen LogP contribution < -0.4 is 11.1 Å². The predicted octanol–water partition coefficient (Wildman–Crippen LogP) is -0.665. The van der Waals surface area contributed by atoms with Gasteiger partial charge in [-0.05, 0) is 18.8 Å². The topological polar surface area (TPSA) is 109 Å². The maximum Gasteiger partial charge on any atom is 0.307 e. The Hall–Kier alpha value is -1.59. The highest BCUT2D eigenvalue weighted by molar-refractivity contribution is 5.88. The van der Waals surface area contributed by atoms with Gasteiger partial charge in [0.15, 0.2) is 0 Å². The van der Waals surface area contributed by atoms with Crippen molar-refractivity contribution in [2.45, 2.75) is 19.8 Å². The van der Waals surface area contributed by atoms with Gasteiger partial charge in [-0.25, -0.2) is 0 Å². The van der Waals surface area contributed by atoms with Gasteiger partial charge in [0.1, 0.15) is 0 Å². The molecule has 0 aromatic carbocycles. The number of carbonyl (C=O) groups is 3. The first-order chi connectivity index (χ1) is 7.41. The first-order valence-corrected chi connectivity index (χ1v) is 5.20. The number of carbonyl (C=O) groups excluding carboxylic acids is 2. The third-order valence-electron chi connectivity index (χ3n) is 2.89. The van der Waals surface area contributed by atoms with E-state index in [1.807, 2.05) is 6.92 Å². The molecule has 1 unspecified atom stereocenters. The Morgan fingerprint density at radius 3 is 2.38 bits per heavy atom. The van der Waals surface area contributed by atoms with E-state index in [4.69, 9.17) is 10.8 Å². The monoisotopic (exact) mass is 228 g/mol. The maximum atomic E-state index is 11.6. The van der Waals surface area contributed by atoms with Crippen molar-refractivity contribution in [2.24, 2.45) is 23.5 Å². The zero-order chi connectivity index (χ0) is 12.3. The Morgan fingerprint density at radius 2 is 1.88 bits per heavy atom. The van der Waals surface area contributed by atoms with E-state index in [9.17, 15) is 14.4 Å². The van der Waals surface area contributed by atoms with Gasteiger partial charge in [-0.1, -0.05) is 6.92 Å². The van der Waals surface area contributed by atoms with Crippen molar-refractivity contribution in [1.29, 1.82) is 0 Å². The van der Waals surface area contributed by atoms with Crippen LogP contribution in [-0.4, -0.2) is 29.4 Å². The van der Waals surface area contributed by atoms with Gasteiger partial charge in [-0.15, -0.1) is 0 Å². The zero-order valence-corrected chi connectivity index (χ0v) is 9.10. The highest BCUT2D eigenvalue weighted by Crippen LogP contribution is 2.36. The molecular weight excluding hydrogens is 212 g/mol. The van der Waals surface area contributed by atoms with Gasteiger partial charge in [0.2, 0.25) is 11.8 Å². The van der Waals surface area contributed by atoms with Gasteiger partial charge in [-0.3, -0.25) is 14.4 Å². The molecule has 0 aliphatic heterocycles. The number of hydrogen-bond acceptors (Lipinski definition) is 3. The van der Waals surface area contributed by atoms with Crippen molar-refractivity contribution in [3.63, 3.8) is 0 Å². The Labute approximate surface area is 93.2 Å². The molecule has 0 saturated heterocycles. The number of nitrogens with two attached hydrogens (primary N) is 1. The highest BCUT2D eigenvalue weighted by Gasteiger charge is 2.41. The summed E-state index contributed by atoms with van der Waals surface area (Å²) in [7, 11) is 0. The minimum atomic E-state index is -0.955. The van der Waals surface area contributed by atoms with Crippen molar-refractivity contribution in [2.75, 3.05) is 6.54 Å². The lowest BCUT2D eigenvalue weighted by Crippen LogP contribution is -2.39. The molecule has 0 radical (unpaired) electrons. The number of nitrogens with one attached hydrogen (secondary N) is 1. The van der Waals surface area contributed by atoms with Crippen molar-refractivity contribution < 1.29 is 19.5 Å². The number of hydrogen-bond donors (Lipinski definition) is 3. The van der Waals surface area contributed by atoms with Crippen LogP contribution in [0.15, 0.2) is 0 Å². The van der Waals surface area contributed by atoms with Crippen LogP contribution in [0, 0.1) is 17.8 Å². The Morgan fingerprint density at radius 1 is 1.31 bits per heavy atom. The highest BCUT2D eigenvalue weighted by atomic mass is 16.4. The molecule has 1 aliphatic rings. The zero-order valence-electron chi connectivity index (χ0n) is 9.10. The van der Waals surface area contributed by atoms with Crippen LogP contribution in [0.1, 0.15) is 19.8 Å². The fourth-order valence-corrected chi connectivity index (χ4v) is 2.16. The fraction of sp³-hybridized carbons (Fsp3) is 0.700. The van der Waals surface area contributed by atoms with Crippen molar-refractivity contribution in [3.8, 4) is 0 Å². The summed E-state index contributed by atoms with van der Waals surface area (Å²) >= 11 is 0. The van der Waals surface area contributed by atoms with Crippen LogP contribution in [0.4, 0.5) is 0 Å². The molecule has 4 N–H and O–H groups in total. The third-order valence-corrected chi connectivity index (χ3v) is 2.89. The van der Waals surface area contributed by atoms with Gasteiger partial charge in [0.05, 0.1) is 18.4 Å². The second-order valence-electron chi connectivity index (χ2n) is 4.31. The van der Waals surface area contributed by atoms with Crippen LogP contribution >= 0.6 is 0 Å². The summed E-state index contributed by atoms with van der Waals surface area (Å²) in [5.41, 5.74) is 4.89. The van der Waals surface area contributed by atoms with Gasteiger partial charge >= 0.3 is 5.97 Å². The normalized spacial score (nSPS) is 28.7. The molecule has 1 saturated carbocycles. The van der Waals surface area contributed by atoms with E-state index < -0.39 is 29.6 Å². The SMILES string of the molecule is CC1C[C@H](C(=O)NCC(N)=O)[C@H](C(=O)O)C1. The lowest BCUT2D eigenvalue weighted by Gasteiger charge is -2.14. The minimum Gasteiger partial charge on any atom is -0.481 e. The van der Waals surface area contributed by atoms with Crippen molar-refractivity contribution >= 4 is 17.8 Å². The average molecular weight is 228 g/mol. The lowest BCUT2D eigenvalue weighted by molar-refractivity contribution is -0.146. The van der Waals surface area contributed by atoms with Crippen LogP contribution in [0.5, 0.6) is 0 Å². The number of primary amides is 1. The molecule has 1 rings (SSSR count). The molecule has 0 heterocycles. The number of rotatable bonds is 4. The molecular formula is C10H16N2O4. The Kier molecular flexibility index (Phi) is 3.87. The average Bonchev–Trinajstić information content (AvgIpc) is 2.56. The van der Waals surface area contributed by atoms with E-state index in [-0.39, 0.29) is 12.5 Å². The summed E-state index contributed by atoms with van der Waals surface area (Å²) in [4.78, 5) is 33.0. The molecule has 0 bridgehead atoms. The molecule has 0 aromatic rings. The molecule has 1 aliphatic carbocycles. The number of aliphatic carboxylic acids is 1. The van der Waals surface area contributed by atoms with Crippen LogP contribution in [0.25, 0.3) is 0 Å². The summed E-state index contributed by atoms with van der Waals surface area (Å²) in [6.45, 7) is 1.67. The van der Waals surface area contributed by atoms with E-state index in [1.165, 1.54) is 0 Å². The minimum absolute atomic E-state index is 0.213. The maximum absolute atomic E-state index is 11.6. The number of carboxylic acid groups (broad SMARTS) is 1. The summed E-state index contributed by atoms with van der Waals surface area (Å²) in [6, 6.07) is 0. The largest absolute Gasteiger partial charge is 0.481 e. The molecule has 0 spiro atoms. The molecule has 90 valence electrons. The van der Waals surface area contributed by atoms with Gasteiger partial charge < -0.3 is 16.2 Å². The predicted molar refractivity (Wildman–Crippen MR) is 55.2 cm³/mol. The van der Waals surface area contributed by atoms with Gasteiger partial charge in [0, 0.05) is 0 Å². The Bertz CT molecular complexity index is 316. The second kappa shape index (κ2) is 4.96. The number of amides is 2. The first-order valence-electron chi connectivity index (χ1n) is 5.20. The Balaban J connectivity index is 2.59. The van der Waals surface area contributed by atoms with E-state index in [0.717, 1.165) is 0 Å². The van der Waals surface area contributed by atoms with Crippen LogP contribution in [-0.2, 0) is 14.4 Å². The molecule has 0 aromatic heterocycles. The number of carboxylic acids is 1. The van der Waals surface area contributed by atoms with Crippen LogP contribution in [0.3, 0.4) is 0 Å². The fourth-order valence-electron chi connectivity index (χ4n) is 2.16. The smallest absolute Gasteiger partial charge is 0.307 e. The molecule has 6 heteroatoms. The molecule has 1 fully saturated rings. The quantitative estimate of drug-likeness (QED) is 0.593. The van der Waals surface area contributed by atoms with E-state index >= 15 is 0 Å². The summed E-state index contributed by atoms with van der Waals surface area (Å²) < 4.78 is 0. The van der Waals surface area contributed by atoms with E-state index in [2.05, 4.69) is 5.32 Å². The molecule has 16 heavy (non-hydrogen) atoms. The third kappa shape index (κ3) is 2.95. The van der Waals surface area contributed by atoms with E-state index in [1.54, 1.807) is 0 Å². The van der Waals surface area contributed by atoms with Crippen molar-refractivity contribution in [1.82, 2.24) is 5.32 Å². The standard InChI is InChI=1S/C10H16N2O4/c1-5-2-6(7(3-5)10(15)16)9(14)12-4-8(11)13/h5-7H,2-4H2,1H3,(H2,11,13)(H,12,14)(H,15,16)/t5?,6-,7+/m0/s1. The summed E-state index contributed by atoms with van der Waals surface area (Å²) in [6.07, 6.45) is 1.05. The van der Waals surface area contributed by atoms with Crippen LogP contribution in [0.2, 0.25) is 0 Å². The molecule has 2 amide bonds. The lowest BCUT2D eigenvalue weighted by atomic mass is 9.95. The van der Waals surface area contributed by atoms with Crippen molar-refractivity contribution in [3.05, 3.63) is 0 Å². The van der Waals surface area contributed by atoms with Gasteiger partial charge in [0.25, 0.3) is 0 Å². The summed E-state index contributed by atoms with van der Waals surface area (Å²) in [5.74, 6) is -2.97. The second-order valence-corrected chi connectivity index (χ2v) is 4.31. The first kappa shape index (κ1) is 12.5. The van der Waals surface area contributed by atoms with E-state index in [0.29, 0.717) is 12.8 Å².